The van der Waals surface area contributed by atoms with Gasteiger partial charge in [-0.1, -0.05) is 6.92 Å². The molecule has 1 atom stereocenters. The summed E-state index contributed by atoms with van der Waals surface area (Å²) in [5.74, 6) is 1.55. The maximum atomic E-state index is 12.2. The molecule has 1 saturated heterocycles. The van der Waals surface area contributed by atoms with Crippen LogP contribution in [0.2, 0.25) is 0 Å². The van der Waals surface area contributed by atoms with Crippen LogP contribution in [-0.2, 0) is 0 Å². The first kappa shape index (κ1) is 11.7. The molecule has 3 heteroatoms. The van der Waals surface area contributed by atoms with Gasteiger partial charge in [-0.05, 0) is 44.4 Å². The van der Waals surface area contributed by atoms with Gasteiger partial charge in [-0.25, -0.2) is 4.79 Å². The number of likely N-dealkylation sites (tertiary alicyclic amines) is 1. The second-order valence-corrected chi connectivity index (χ2v) is 5.64. The van der Waals surface area contributed by atoms with Crippen LogP contribution in [0.4, 0.5) is 4.79 Å². The topological polar surface area (TPSA) is 23.6 Å². The lowest BCUT2D eigenvalue weighted by molar-refractivity contribution is 0.128. The largest absolute Gasteiger partial charge is 0.325 e. The summed E-state index contributed by atoms with van der Waals surface area (Å²) in [5.41, 5.74) is 0. The summed E-state index contributed by atoms with van der Waals surface area (Å²) in [4.78, 5) is 16.2. The SMILES string of the molecule is CC1CCN(C(=O)N(C)C(C)C2CC2)CC1. The number of nitrogens with zero attached hydrogens (tertiary/aromatic N) is 2. The van der Waals surface area contributed by atoms with Crippen molar-refractivity contribution in [3.8, 4) is 0 Å². The van der Waals surface area contributed by atoms with E-state index in [0.29, 0.717) is 6.04 Å². The minimum atomic E-state index is 0.242. The van der Waals surface area contributed by atoms with Crippen molar-refractivity contribution >= 4 is 6.03 Å². The van der Waals surface area contributed by atoms with Crippen molar-refractivity contribution in [1.29, 1.82) is 0 Å². The van der Waals surface area contributed by atoms with E-state index in [9.17, 15) is 4.79 Å². The summed E-state index contributed by atoms with van der Waals surface area (Å²) < 4.78 is 0. The van der Waals surface area contributed by atoms with Gasteiger partial charge in [0.25, 0.3) is 0 Å². The normalized spacial score (nSPS) is 24.3. The average Bonchev–Trinajstić information content (AvgIpc) is 3.11. The van der Waals surface area contributed by atoms with Gasteiger partial charge >= 0.3 is 6.03 Å². The zero-order valence-corrected chi connectivity index (χ0v) is 10.8. The van der Waals surface area contributed by atoms with E-state index in [1.807, 2.05) is 16.8 Å². The highest BCUT2D eigenvalue weighted by molar-refractivity contribution is 5.74. The molecule has 2 fully saturated rings. The van der Waals surface area contributed by atoms with Gasteiger partial charge < -0.3 is 9.80 Å². The third kappa shape index (κ3) is 2.50. The molecule has 2 amide bonds. The molecule has 2 aliphatic rings. The fraction of sp³-hybridized carbons (Fsp3) is 0.923. The van der Waals surface area contributed by atoms with Crippen LogP contribution in [0.25, 0.3) is 0 Å². The third-order valence-electron chi connectivity index (χ3n) is 4.27. The number of carbonyl (C=O) groups is 1. The molecule has 1 aliphatic heterocycles. The van der Waals surface area contributed by atoms with Gasteiger partial charge in [0.05, 0.1) is 0 Å². The first-order valence-electron chi connectivity index (χ1n) is 6.61. The number of amides is 2. The van der Waals surface area contributed by atoms with Gasteiger partial charge in [-0.3, -0.25) is 0 Å². The Morgan fingerprint density at radius 2 is 1.81 bits per heavy atom. The van der Waals surface area contributed by atoms with Crippen molar-refractivity contribution in [2.24, 2.45) is 11.8 Å². The minimum Gasteiger partial charge on any atom is -0.325 e. The Kier molecular flexibility index (Phi) is 3.41. The van der Waals surface area contributed by atoms with Crippen molar-refractivity contribution in [1.82, 2.24) is 9.80 Å². The minimum absolute atomic E-state index is 0.242. The molecule has 1 saturated carbocycles. The van der Waals surface area contributed by atoms with E-state index in [2.05, 4.69) is 13.8 Å². The molecule has 16 heavy (non-hydrogen) atoms. The summed E-state index contributed by atoms with van der Waals surface area (Å²) in [6, 6.07) is 0.665. The lowest BCUT2D eigenvalue weighted by Crippen LogP contribution is -2.48. The molecule has 0 aromatic carbocycles. The fourth-order valence-electron chi connectivity index (χ4n) is 2.49. The first-order valence-corrected chi connectivity index (χ1v) is 6.61. The Bertz CT molecular complexity index is 255. The standard InChI is InChI=1S/C13H24N2O/c1-10-6-8-15(9-7-10)13(16)14(3)11(2)12-4-5-12/h10-12H,4-9H2,1-3H3. The maximum Gasteiger partial charge on any atom is 0.319 e. The van der Waals surface area contributed by atoms with Crippen molar-refractivity contribution in [2.75, 3.05) is 20.1 Å². The molecule has 0 bridgehead atoms. The van der Waals surface area contributed by atoms with Gasteiger partial charge in [0, 0.05) is 26.2 Å². The first-order chi connectivity index (χ1) is 7.59. The van der Waals surface area contributed by atoms with Gasteiger partial charge in [0.1, 0.15) is 0 Å². The van der Waals surface area contributed by atoms with Crippen LogP contribution in [0.3, 0.4) is 0 Å². The van der Waals surface area contributed by atoms with Crippen LogP contribution in [0.5, 0.6) is 0 Å². The van der Waals surface area contributed by atoms with E-state index < -0.39 is 0 Å². The molecule has 0 spiro atoms. The summed E-state index contributed by atoms with van der Waals surface area (Å²) in [7, 11) is 1.96. The highest BCUT2D eigenvalue weighted by Crippen LogP contribution is 2.35. The lowest BCUT2D eigenvalue weighted by Gasteiger charge is -2.35. The van der Waals surface area contributed by atoms with Gasteiger partial charge in [-0.2, -0.15) is 0 Å². The molecule has 0 radical (unpaired) electrons. The van der Waals surface area contributed by atoms with E-state index in [-0.39, 0.29) is 6.03 Å². The number of hydrogen-bond donors (Lipinski definition) is 0. The average molecular weight is 224 g/mol. The third-order valence-corrected chi connectivity index (χ3v) is 4.27. The van der Waals surface area contributed by atoms with Crippen LogP contribution in [0, 0.1) is 11.8 Å². The Morgan fingerprint density at radius 1 is 1.25 bits per heavy atom. The van der Waals surface area contributed by atoms with E-state index in [0.717, 1.165) is 37.8 Å². The molecule has 1 unspecified atom stereocenters. The van der Waals surface area contributed by atoms with Crippen molar-refractivity contribution in [3.63, 3.8) is 0 Å². The smallest absolute Gasteiger partial charge is 0.319 e. The van der Waals surface area contributed by atoms with Gasteiger partial charge in [-0.15, -0.1) is 0 Å². The van der Waals surface area contributed by atoms with Crippen LogP contribution in [0.1, 0.15) is 39.5 Å². The Labute approximate surface area is 98.8 Å². The van der Waals surface area contributed by atoms with E-state index in [4.69, 9.17) is 0 Å². The fourth-order valence-corrected chi connectivity index (χ4v) is 2.49. The summed E-state index contributed by atoms with van der Waals surface area (Å²) >= 11 is 0. The number of urea groups is 1. The molecule has 92 valence electrons. The summed E-state index contributed by atoms with van der Waals surface area (Å²) in [6.45, 7) is 6.35. The van der Waals surface area contributed by atoms with Crippen LogP contribution in [-0.4, -0.2) is 42.0 Å². The quantitative estimate of drug-likeness (QED) is 0.707. The second-order valence-electron chi connectivity index (χ2n) is 5.64. The van der Waals surface area contributed by atoms with Crippen LogP contribution < -0.4 is 0 Å². The van der Waals surface area contributed by atoms with Crippen molar-refractivity contribution < 1.29 is 4.79 Å². The highest BCUT2D eigenvalue weighted by Gasteiger charge is 2.34. The highest BCUT2D eigenvalue weighted by atomic mass is 16.2. The van der Waals surface area contributed by atoms with E-state index in [1.54, 1.807) is 0 Å². The predicted molar refractivity (Wildman–Crippen MR) is 65.3 cm³/mol. The second kappa shape index (κ2) is 4.64. The number of piperidine rings is 1. The predicted octanol–water partition coefficient (Wildman–Crippen LogP) is 2.57. The van der Waals surface area contributed by atoms with Gasteiger partial charge in [0.2, 0.25) is 0 Å². The molecule has 0 aromatic rings. The zero-order valence-electron chi connectivity index (χ0n) is 10.8. The number of rotatable bonds is 2. The monoisotopic (exact) mass is 224 g/mol. The number of carbonyl (C=O) groups excluding carboxylic acids is 1. The molecule has 3 nitrogen and oxygen atoms in total. The molecule has 1 heterocycles. The lowest BCUT2D eigenvalue weighted by atomic mass is 9.99. The number of hydrogen-bond acceptors (Lipinski definition) is 1. The molecule has 0 N–H and O–H groups in total. The molecule has 2 rings (SSSR count). The van der Waals surface area contributed by atoms with E-state index >= 15 is 0 Å². The Hall–Kier alpha value is -0.730. The summed E-state index contributed by atoms with van der Waals surface area (Å²) in [6.07, 6.45) is 4.93. The molecular formula is C13H24N2O. The molecule has 1 aliphatic carbocycles. The molecule has 0 aromatic heterocycles. The zero-order chi connectivity index (χ0) is 11.7. The van der Waals surface area contributed by atoms with Crippen molar-refractivity contribution in [3.05, 3.63) is 0 Å². The Balaban J connectivity index is 1.86. The maximum absolute atomic E-state index is 12.2. The summed E-state index contributed by atoms with van der Waals surface area (Å²) in [5, 5.41) is 0. The van der Waals surface area contributed by atoms with E-state index in [1.165, 1.54) is 12.8 Å². The molecular weight excluding hydrogens is 200 g/mol. The van der Waals surface area contributed by atoms with Gasteiger partial charge in [0.15, 0.2) is 0 Å². The van der Waals surface area contributed by atoms with Crippen LogP contribution >= 0.6 is 0 Å². The van der Waals surface area contributed by atoms with Crippen LogP contribution in [0.15, 0.2) is 0 Å². The Morgan fingerprint density at radius 3 is 2.31 bits per heavy atom. The van der Waals surface area contributed by atoms with Crippen molar-refractivity contribution in [2.45, 2.75) is 45.6 Å².